The van der Waals surface area contributed by atoms with Gasteiger partial charge < -0.3 is 9.40 Å². The highest BCUT2D eigenvalue weighted by Crippen LogP contribution is 2.03. The topological polar surface area (TPSA) is 26.5 Å². The summed E-state index contributed by atoms with van der Waals surface area (Å²) in [6.07, 6.45) is 3.66. The lowest BCUT2D eigenvalue weighted by atomic mass is 10.5. The molecule has 0 saturated carbocycles. The van der Waals surface area contributed by atoms with E-state index in [-0.39, 0.29) is 0 Å². The second kappa shape index (κ2) is 1.62. The average molecular weight is 122 g/mol. The van der Waals surface area contributed by atoms with E-state index in [1.54, 1.807) is 6.21 Å². The van der Waals surface area contributed by atoms with Crippen LogP contribution in [-0.4, -0.2) is 10.8 Å². The van der Waals surface area contributed by atoms with Crippen LogP contribution in [-0.2, 0) is 11.6 Å². The van der Waals surface area contributed by atoms with Gasteiger partial charge in [0, 0.05) is 6.20 Å². The molecule has 0 unspecified atom stereocenters. The minimum absolute atomic E-state index is 0.541. The van der Waals surface area contributed by atoms with Gasteiger partial charge in [0.1, 0.15) is 0 Å². The molecular weight excluding hydrogens is 116 g/mol. The molecule has 2 heterocycles. The Morgan fingerprint density at radius 2 is 2.67 bits per heavy atom. The van der Waals surface area contributed by atoms with Crippen LogP contribution in [0.3, 0.4) is 0 Å². The Labute approximate surface area is 52.5 Å². The van der Waals surface area contributed by atoms with Crippen molar-refractivity contribution in [1.29, 1.82) is 0 Å². The van der Waals surface area contributed by atoms with Gasteiger partial charge in [-0.15, -0.1) is 0 Å². The molecule has 0 N–H and O–H groups in total. The first-order valence-electron chi connectivity index (χ1n) is 2.77. The molecular formula is C6H6N2O. The molecule has 46 valence electrons. The molecule has 1 aliphatic rings. The van der Waals surface area contributed by atoms with Crippen molar-refractivity contribution in [2.24, 2.45) is 5.16 Å². The zero-order valence-electron chi connectivity index (χ0n) is 4.82. The Morgan fingerprint density at radius 1 is 1.67 bits per heavy atom. The summed E-state index contributed by atoms with van der Waals surface area (Å²) < 4.78 is 1.98. The van der Waals surface area contributed by atoms with Crippen molar-refractivity contribution < 1.29 is 4.84 Å². The van der Waals surface area contributed by atoms with Crippen LogP contribution in [0.25, 0.3) is 0 Å². The van der Waals surface area contributed by atoms with E-state index in [2.05, 4.69) is 5.16 Å². The van der Waals surface area contributed by atoms with Crippen LogP contribution >= 0.6 is 0 Å². The molecule has 0 amide bonds. The molecule has 0 bridgehead atoms. The highest BCUT2D eigenvalue weighted by molar-refractivity contribution is 5.77. The van der Waals surface area contributed by atoms with E-state index in [1.165, 1.54) is 0 Å². The lowest BCUT2D eigenvalue weighted by Gasteiger charge is -2.07. The van der Waals surface area contributed by atoms with E-state index < -0.39 is 0 Å². The van der Waals surface area contributed by atoms with Gasteiger partial charge in [-0.3, -0.25) is 0 Å². The first-order valence-corrected chi connectivity index (χ1v) is 2.77. The maximum atomic E-state index is 4.79. The van der Waals surface area contributed by atoms with Crippen LogP contribution in [0.1, 0.15) is 5.69 Å². The van der Waals surface area contributed by atoms with Gasteiger partial charge in [0.05, 0.1) is 11.9 Å². The second-order valence-corrected chi connectivity index (χ2v) is 1.90. The van der Waals surface area contributed by atoms with E-state index in [0.29, 0.717) is 6.73 Å². The summed E-state index contributed by atoms with van der Waals surface area (Å²) in [4.78, 5) is 4.79. The summed E-state index contributed by atoms with van der Waals surface area (Å²) >= 11 is 0. The summed E-state index contributed by atoms with van der Waals surface area (Å²) in [5, 5.41) is 3.64. The summed E-state index contributed by atoms with van der Waals surface area (Å²) in [5.74, 6) is 0. The maximum absolute atomic E-state index is 4.79. The van der Waals surface area contributed by atoms with Gasteiger partial charge in [0.15, 0.2) is 6.73 Å². The zero-order chi connectivity index (χ0) is 6.10. The normalized spacial score (nSPS) is 14.7. The van der Waals surface area contributed by atoms with E-state index in [4.69, 9.17) is 4.84 Å². The highest BCUT2D eigenvalue weighted by Gasteiger charge is 2.00. The van der Waals surface area contributed by atoms with Gasteiger partial charge >= 0.3 is 0 Å². The lowest BCUT2D eigenvalue weighted by molar-refractivity contribution is 0.0785. The zero-order valence-corrected chi connectivity index (χ0v) is 4.82. The number of hydrogen-bond donors (Lipinski definition) is 0. The van der Waals surface area contributed by atoms with Gasteiger partial charge in [-0.25, -0.2) is 0 Å². The number of rotatable bonds is 0. The fourth-order valence-corrected chi connectivity index (χ4v) is 0.849. The molecule has 3 nitrogen and oxygen atoms in total. The second-order valence-electron chi connectivity index (χ2n) is 1.90. The van der Waals surface area contributed by atoms with E-state index in [1.807, 2.05) is 22.9 Å². The highest BCUT2D eigenvalue weighted by atomic mass is 16.6. The standard InChI is InChI=1S/C6H6N2O/c1-2-6-4-7-9-5-8(6)3-1/h1-4H,5H2. The Hall–Kier alpha value is -1.25. The van der Waals surface area contributed by atoms with Crippen molar-refractivity contribution in [3.8, 4) is 0 Å². The molecule has 1 aliphatic heterocycles. The summed E-state index contributed by atoms with van der Waals surface area (Å²) in [7, 11) is 0. The van der Waals surface area contributed by atoms with Gasteiger partial charge in [0.2, 0.25) is 0 Å². The number of aromatic nitrogens is 1. The van der Waals surface area contributed by atoms with Crippen LogP contribution in [0.5, 0.6) is 0 Å². The SMILES string of the molecule is C1=NOCn2cccc21. The molecule has 1 aromatic rings. The number of oxime groups is 1. The monoisotopic (exact) mass is 122 g/mol. The van der Waals surface area contributed by atoms with E-state index >= 15 is 0 Å². The number of nitrogens with zero attached hydrogens (tertiary/aromatic N) is 2. The van der Waals surface area contributed by atoms with Crippen molar-refractivity contribution in [1.82, 2.24) is 4.57 Å². The average Bonchev–Trinajstić information content (AvgIpc) is 2.33. The predicted molar refractivity (Wildman–Crippen MR) is 33.1 cm³/mol. The summed E-state index contributed by atoms with van der Waals surface area (Å²) in [6, 6.07) is 3.96. The van der Waals surface area contributed by atoms with Crippen molar-refractivity contribution >= 4 is 6.21 Å². The molecule has 1 aromatic heterocycles. The van der Waals surface area contributed by atoms with Crippen molar-refractivity contribution in [2.45, 2.75) is 6.73 Å². The first kappa shape index (κ1) is 4.61. The maximum Gasteiger partial charge on any atom is 0.193 e. The molecule has 2 rings (SSSR count). The minimum Gasteiger partial charge on any atom is -0.373 e. The van der Waals surface area contributed by atoms with Crippen LogP contribution < -0.4 is 0 Å². The third kappa shape index (κ3) is 0.614. The van der Waals surface area contributed by atoms with Crippen molar-refractivity contribution in [3.63, 3.8) is 0 Å². The van der Waals surface area contributed by atoms with Crippen LogP contribution in [0.2, 0.25) is 0 Å². The molecule has 9 heavy (non-hydrogen) atoms. The Kier molecular flexibility index (Phi) is 0.828. The van der Waals surface area contributed by atoms with Crippen LogP contribution in [0, 0.1) is 0 Å². The van der Waals surface area contributed by atoms with E-state index in [0.717, 1.165) is 5.69 Å². The molecule has 0 spiro atoms. The lowest BCUT2D eigenvalue weighted by Crippen LogP contribution is -2.06. The van der Waals surface area contributed by atoms with Gasteiger partial charge in [-0.05, 0) is 12.1 Å². The van der Waals surface area contributed by atoms with Gasteiger partial charge in [0.25, 0.3) is 0 Å². The quantitative estimate of drug-likeness (QED) is 0.500. The fourth-order valence-electron chi connectivity index (χ4n) is 0.849. The molecule has 0 aliphatic carbocycles. The summed E-state index contributed by atoms with van der Waals surface area (Å²) in [5.41, 5.74) is 1.10. The Balaban J connectivity index is 2.53. The molecule has 0 fully saturated rings. The molecule has 0 atom stereocenters. The largest absolute Gasteiger partial charge is 0.373 e. The summed E-state index contributed by atoms with van der Waals surface area (Å²) in [6.45, 7) is 0.541. The van der Waals surface area contributed by atoms with E-state index in [9.17, 15) is 0 Å². The molecule has 0 radical (unpaired) electrons. The van der Waals surface area contributed by atoms with Gasteiger partial charge in [-0.2, -0.15) is 0 Å². The Morgan fingerprint density at radius 3 is 3.56 bits per heavy atom. The Bertz CT molecular complexity index is 239. The van der Waals surface area contributed by atoms with Gasteiger partial charge in [-0.1, -0.05) is 5.16 Å². The predicted octanol–water partition coefficient (Wildman–Crippen LogP) is 0.810. The third-order valence-electron chi connectivity index (χ3n) is 1.32. The van der Waals surface area contributed by atoms with Crippen molar-refractivity contribution in [2.75, 3.05) is 0 Å². The molecule has 0 aromatic carbocycles. The first-order chi connectivity index (χ1) is 4.47. The number of hydrogen-bond acceptors (Lipinski definition) is 2. The van der Waals surface area contributed by atoms with Crippen molar-refractivity contribution in [3.05, 3.63) is 24.0 Å². The number of fused-ring (bicyclic) bond motifs is 1. The smallest absolute Gasteiger partial charge is 0.193 e. The third-order valence-corrected chi connectivity index (χ3v) is 1.32. The molecule has 0 saturated heterocycles. The minimum atomic E-state index is 0.541. The van der Waals surface area contributed by atoms with Crippen LogP contribution in [0.4, 0.5) is 0 Å². The van der Waals surface area contributed by atoms with Crippen LogP contribution in [0.15, 0.2) is 23.5 Å². The molecule has 3 heteroatoms. The fraction of sp³-hybridized carbons (Fsp3) is 0.167.